The zero-order valence-electron chi connectivity index (χ0n) is 17.6. The molecule has 4 aromatic rings. The summed E-state index contributed by atoms with van der Waals surface area (Å²) < 4.78 is 2.35. The molecule has 0 fully saturated rings. The Labute approximate surface area is 189 Å². The molecule has 0 unspecified atom stereocenters. The van der Waals surface area contributed by atoms with Gasteiger partial charge in [0.25, 0.3) is 0 Å². The third-order valence-electron chi connectivity index (χ3n) is 6.21. The number of nitriles is 1. The second-order valence-electron chi connectivity index (χ2n) is 7.94. The predicted octanol–water partition coefficient (Wildman–Crippen LogP) is 5.44. The van der Waals surface area contributed by atoms with Crippen molar-refractivity contribution in [2.45, 2.75) is 32.9 Å². The summed E-state index contributed by atoms with van der Waals surface area (Å²) in [5.41, 5.74) is 7.47. The van der Waals surface area contributed by atoms with Crippen LogP contribution in [0.4, 0.5) is 5.82 Å². The van der Waals surface area contributed by atoms with Crippen molar-refractivity contribution in [3.05, 3.63) is 94.8 Å². The highest BCUT2D eigenvalue weighted by molar-refractivity contribution is 5.94. The van der Waals surface area contributed by atoms with E-state index in [9.17, 15) is 5.26 Å². The molecule has 5 heteroatoms. The van der Waals surface area contributed by atoms with E-state index in [2.05, 4.69) is 77.1 Å². The lowest BCUT2D eigenvalue weighted by Gasteiger charge is -2.30. The van der Waals surface area contributed by atoms with Crippen LogP contribution in [0.3, 0.4) is 0 Å². The van der Waals surface area contributed by atoms with E-state index in [1.165, 1.54) is 16.7 Å². The number of halogens is 1. The molecule has 0 saturated heterocycles. The molecule has 0 radical (unpaired) electrons. The fourth-order valence-corrected chi connectivity index (χ4v) is 4.65. The van der Waals surface area contributed by atoms with Gasteiger partial charge in [0, 0.05) is 36.9 Å². The number of hydrogen-bond donors (Lipinski definition) is 0. The van der Waals surface area contributed by atoms with Crippen LogP contribution in [0.25, 0.3) is 10.9 Å². The summed E-state index contributed by atoms with van der Waals surface area (Å²) in [4.78, 5) is 7.23. The first-order chi connectivity index (χ1) is 14.8. The van der Waals surface area contributed by atoms with Gasteiger partial charge < -0.3 is 9.47 Å². The van der Waals surface area contributed by atoms with E-state index in [0.717, 1.165) is 54.0 Å². The van der Waals surface area contributed by atoms with Crippen molar-refractivity contribution in [1.82, 2.24) is 9.55 Å². The SMILES string of the molecule is Cc1c(CC#N)c2ccnc(N3CCc4ccccc4C3)c2n1Cc1ccccc1.Cl. The maximum atomic E-state index is 9.44. The normalized spacial score (nSPS) is 12.8. The number of anilines is 1. The third kappa shape index (κ3) is 3.78. The number of hydrogen-bond acceptors (Lipinski definition) is 3. The van der Waals surface area contributed by atoms with Gasteiger partial charge in [-0.3, -0.25) is 0 Å². The van der Waals surface area contributed by atoms with Gasteiger partial charge in [-0.25, -0.2) is 4.98 Å². The second kappa shape index (κ2) is 8.83. The smallest absolute Gasteiger partial charge is 0.153 e. The molecule has 0 aliphatic carbocycles. The summed E-state index contributed by atoms with van der Waals surface area (Å²) in [6, 6.07) is 23.6. The molecule has 5 rings (SSSR count). The van der Waals surface area contributed by atoms with Gasteiger partial charge in [0.2, 0.25) is 0 Å². The largest absolute Gasteiger partial charge is 0.350 e. The van der Waals surface area contributed by atoms with Crippen LogP contribution in [0, 0.1) is 18.3 Å². The molecule has 0 spiro atoms. The maximum absolute atomic E-state index is 9.44. The second-order valence-corrected chi connectivity index (χ2v) is 7.94. The Balaban J connectivity index is 0.00000231. The minimum atomic E-state index is 0. The predicted molar refractivity (Wildman–Crippen MR) is 128 cm³/mol. The first kappa shape index (κ1) is 21.0. The zero-order valence-corrected chi connectivity index (χ0v) is 18.4. The fourth-order valence-electron chi connectivity index (χ4n) is 4.65. The Morgan fingerprint density at radius 1 is 1.00 bits per heavy atom. The average molecular weight is 429 g/mol. The zero-order chi connectivity index (χ0) is 20.5. The van der Waals surface area contributed by atoms with Crippen molar-refractivity contribution in [2.24, 2.45) is 0 Å². The first-order valence-electron chi connectivity index (χ1n) is 10.5. The van der Waals surface area contributed by atoms with E-state index in [1.54, 1.807) is 0 Å². The van der Waals surface area contributed by atoms with E-state index in [4.69, 9.17) is 4.98 Å². The van der Waals surface area contributed by atoms with E-state index in [-0.39, 0.29) is 12.4 Å². The van der Waals surface area contributed by atoms with Gasteiger partial charge in [-0.15, -0.1) is 12.4 Å². The van der Waals surface area contributed by atoms with Crippen LogP contribution in [0.2, 0.25) is 0 Å². The van der Waals surface area contributed by atoms with Crippen molar-refractivity contribution in [3.63, 3.8) is 0 Å². The van der Waals surface area contributed by atoms with E-state index >= 15 is 0 Å². The van der Waals surface area contributed by atoms with Gasteiger partial charge in [-0.2, -0.15) is 5.26 Å². The molecule has 3 heterocycles. The number of pyridine rings is 1. The topological polar surface area (TPSA) is 44.9 Å². The highest BCUT2D eigenvalue weighted by Gasteiger charge is 2.23. The van der Waals surface area contributed by atoms with Crippen molar-refractivity contribution >= 4 is 29.1 Å². The molecule has 31 heavy (non-hydrogen) atoms. The van der Waals surface area contributed by atoms with Crippen LogP contribution in [-0.2, 0) is 25.9 Å². The summed E-state index contributed by atoms with van der Waals surface area (Å²) >= 11 is 0. The molecule has 2 aromatic heterocycles. The van der Waals surface area contributed by atoms with Crippen LogP contribution < -0.4 is 4.90 Å². The fraction of sp³-hybridized carbons (Fsp3) is 0.231. The lowest BCUT2D eigenvalue weighted by molar-refractivity contribution is 0.717. The molecule has 2 aromatic carbocycles. The standard InChI is InChI=1S/C26H24N4.ClH/c1-19-23(11-14-27)24-12-15-28-26(25(24)30(19)17-20-7-3-2-4-8-20)29-16-13-21-9-5-6-10-22(21)18-29;/h2-10,12,15H,11,13,16-18H2,1H3;1H. The monoisotopic (exact) mass is 428 g/mol. The summed E-state index contributed by atoms with van der Waals surface area (Å²) in [6.45, 7) is 4.72. The summed E-state index contributed by atoms with van der Waals surface area (Å²) in [6.07, 6.45) is 3.33. The number of benzene rings is 2. The van der Waals surface area contributed by atoms with Crippen molar-refractivity contribution in [2.75, 3.05) is 11.4 Å². The van der Waals surface area contributed by atoms with Crippen LogP contribution in [-0.4, -0.2) is 16.1 Å². The Hall–Kier alpha value is -3.29. The molecule has 1 aliphatic rings. The van der Waals surface area contributed by atoms with Crippen LogP contribution >= 0.6 is 12.4 Å². The molecule has 1 aliphatic heterocycles. The molecular formula is C26H25ClN4. The molecule has 0 amide bonds. The minimum absolute atomic E-state index is 0. The Kier molecular flexibility index (Phi) is 5.97. The molecular weight excluding hydrogens is 404 g/mol. The van der Waals surface area contributed by atoms with Crippen molar-refractivity contribution in [1.29, 1.82) is 5.26 Å². The lowest BCUT2D eigenvalue weighted by atomic mass is 10.00. The van der Waals surface area contributed by atoms with E-state index in [1.807, 2.05) is 12.3 Å². The Morgan fingerprint density at radius 3 is 2.52 bits per heavy atom. The number of aromatic nitrogens is 2. The van der Waals surface area contributed by atoms with Gasteiger partial charge >= 0.3 is 0 Å². The highest BCUT2D eigenvalue weighted by Crippen LogP contribution is 2.35. The number of fused-ring (bicyclic) bond motifs is 2. The van der Waals surface area contributed by atoms with Gasteiger partial charge in [0.05, 0.1) is 18.0 Å². The number of nitrogens with zero attached hydrogens (tertiary/aromatic N) is 4. The van der Waals surface area contributed by atoms with E-state index < -0.39 is 0 Å². The van der Waals surface area contributed by atoms with Gasteiger partial charge in [-0.1, -0.05) is 54.6 Å². The summed E-state index contributed by atoms with van der Waals surface area (Å²) in [5, 5.41) is 10.6. The highest BCUT2D eigenvalue weighted by atomic mass is 35.5. The van der Waals surface area contributed by atoms with E-state index in [0.29, 0.717) is 6.42 Å². The molecule has 0 atom stereocenters. The van der Waals surface area contributed by atoms with Gasteiger partial charge in [0.15, 0.2) is 5.82 Å². The van der Waals surface area contributed by atoms with Crippen molar-refractivity contribution in [3.8, 4) is 6.07 Å². The third-order valence-corrected chi connectivity index (χ3v) is 6.21. The summed E-state index contributed by atoms with van der Waals surface area (Å²) in [5.74, 6) is 1.02. The summed E-state index contributed by atoms with van der Waals surface area (Å²) in [7, 11) is 0. The maximum Gasteiger partial charge on any atom is 0.153 e. The Morgan fingerprint density at radius 2 is 1.74 bits per heavy atom. The quantitative estimate of drug-likeness (QED) is 0.434. The minimum Gasteiger partial charge on any atom is -0.350 e. The molecule has 0 saturated carbocycles. The molecule has 156 valence electrons. The van der Waals surface area contributed by atoms with Crippen molar-refractivity contribution < 1.29 is 0 Å². The molecule has 0 N–H and O–H groups in total. The van der Waals surface area contributed by atoms with Gasteiger partial charge in [0.1, 0.15) is 0 Å². The lowest BCUT2D eigenvalue weighted by Crippen LogP contribution is -2.31. The van der Waals surface area contributed by atoms with Crippen LogP contribution in [0.1, 0.15) is 27.9 Å². The van der Waals surface area contributed by atoms with Crippen LogP contribution in [0.5, 0.6) is 0 Å². The number of rotatable bonds is 4. The Bertz CT molecular complexity index is 1250. The molecule has 0 bridgehead atoms. The first-order valence-corrected chi connectivity index (χ1v) is 10.5. The molecule has 4 nitrogen and oxygen atoms in total. The average Bonchev–Trinajstić information content (AvgIpc) is 3.06. The van der Waals surface area contributed by atoms with Crippen LogP contribution in [0.15, 0.2) is 66.9 Å². The van der Waals surface area contributed by atoms with Gasteiger partial charge in [-0.05, 0) is 41.7 Å².